The van der Waals surface area contributed by atoms with Crippen molar-refractivity contribution >= 4 is 28.8 Å². The molecule has 0 unspecified atom stereocenters. The third kappa shape index (κ3) is 4.14. The Bertz CT molecular complexity index is 1200. The van der Waals surface area contributed by atoms with E-state index in [4.69, 9.17) is 4.74 Å². The Hall–Kier alpha value is -3.86. The predicted molar refractivity (Wildman–Crippen MR) is 128 cm³/mol. The topological polar surface area (TPSA) is 58.6 Å². The van der Waals surface area contributed by atoms with Gasteiger partial charge >= 0.3 is 0 Å². The number of rotatable bonds is 6. The predicted octanol–water partition coefficient (Wildman–Crippen LogP) is 5.49. The molecule has 1 heterocycles. The van der Waals surface area contributed by atoms with Crippen LogP contribution in [0.2, 0.25) is 0 Å². The summed E-state index contributed by atoms with van der Waals surface area (Å²) >= 11 is 0. The molecular formula is C27H26N2O3. The Balaban J connectivity index is 1.76. The number of nitrogens with zero attached hydrogens (tertiary/aromatic N) is 1. The number of imide groups is 1. The third-order valence-electron chi connectivity index (χ3n) is 5.39. The Morgan fingerprint density at radius 3 is 2.12 bits per heavy atom. The molecule has 0 aliphatic carbocycles. The molecule has 162 valence electrons. The second-order valence-corrected chi connectivity index (χ2v) is 8.15. The molecule has 3 aromatic rings. The van der Waals surface area contributed by atoms with Crippen molar-refractivity contribution in [1.82, 2.24) is 0 Å². The number of benzene rings is 3. The first kappa shape index (κ1) is 21.4. The van der Waals surface area contributed by atoms with Gasteiger partial charge in [0.15, 0.2) is 0 Å². The molecule has 2 amide bonds. The van der Waals surface area contributed by atoms with Crippen molar-refractivity contribution in [2.75, 3.05) is 10.2 Å². The van der Waals surface area contributed by atoms with Gasteiger partial charge in [-0.2, -0.15) is 0 Å². The molecule has 0 atom stereocenters. The zero-order valence-corrected chi connectivity index (χ0v) is 18.7. The second kappa shape index (κ2) is 8.71. The number of hydrogen-bond acceptors (Lipinski definition) is 4. The number of carbonyl (C=O) groups excluding carboxylic acids is 2. The van der Waals surface area contributed by atoms with Crippen molar-refractivity contribution in [3.05, 3.63) is 95.2 Å². The standard InChI is InChI=1S/C27H26N2O3/c1-17(2)32-23-14-12-22(13-15-23)29-26(30)24(20-11-10-18(3)19(4)16-20)25(27(29)31)28-21-8-6-5-7-9-21/h5-17,28H,1-4H3. The lowest BCUT2D eigenvalue weighted by Crippen LogP contribution is -2.32. The monoisotopic (exact) mass is 426 g/mol. The summed E-state index contributed by atoms with van der Waals surface area (Å²) in [5.41, 5.74) is 4.78. The number of para-hydroxylation sites is 1. The van der Waals surface area contributed by atoms with Crippen molar-refractivity contribution in [1.29, 1.82) is 0 Å². The van der Waals surface area contributed by atoms with Crippen molar-refractivity contribution in [3.8, 4) is 5.75 Å². The molecule has 1 N–H and O–H groups in total. The fourth-order valence-electron chi connectivity index (χ4n) is 3.66. The smallest absolute Gasteiger partial charge is 0.282 e. The van der Waals surface area contributed by atoms with Crippen molar-refractivity contribution in [2.45, 2.75) is 33.8 Å². The van der Waals surface area contributed by atoms with E-state index in [1.165, 1.54) is 4.90 Å². The maximum Gasteiger partial charge on any atom is 0.282 e. The lowest BCUT2D eigenvalue weighted by molar-refractivity contribution is -0.120. The van der Waals surface area contributed by atoms with E-state index in [0.29, 0.717) is 22.6 Å². The van der Waals surface area contributed by atoms with E-state index in [1.807, 2.05) is 76.2 Å². The number of amides is 2. The van der Waals surface area contributed by atoms with Crippen LogP contribution in [0, 0.1) is 13.8 Å². The van der Waals surface area contributed by atoms with E-state index < -0.39 is 0 Å². The first-order chi connectivity index (χ1) is 15.3. The molecule has 5 nitrogen and oxygen atoms in total. The van der Waals surface area contributed by atoms with Crippen LogP contribution in [0.3, 0.4) is 0 Å². The summed E-state index contributed by atoms with van der Waals surface area (Å²) in [7, 11) is 0. The summed E-state index contributed by atoms with van der Waals surface area (Å²) in [6, 6.07) is 22.2. The minimum absolute atomic E-state index is 0.0376. The van der Waals surface area contributed by atoms with Crippen LogP contribution in [-0.4, -0.2) is 17.9 Å². The van der Waals surface area contributed by atoms with Gasteiger partial charge < -0.3 is 10.1 Å². The van der Waals surface area contributed by atoms with Crippen LogP contribution in [0.15, 0.2) is 78.5 Å². The van der Waals surface area contributed by atoms with Gasteiger partial charge in [-0.15, -0.1) is 0 Å². The van der Waals surface area contributed by atoms with Crippen molar-refractivity contribution in [2.24, 2.45) is 0 Å². The fourth-order valence-corrected chi connectivity index (χ4v) is 3.66. The average Bonchev–Trinajstić information content (AvgIpc) is 3.01. The van der Waals surface area contributed by atoms with Gasteiger partial charge in [0.05, 0.1) is 17.4 Å². The minimum Gasteiger partial charge on any atom is -0.491 e. The van der Waals surface area contributed by atoms with E-state index in [0.717, 1.165) is 16.8 Å². The van der Waals surface area contributed by atoms with E-state index in [1.54, 1.807) is 24.3 Å². The zero-order chi connectivity index (χ0) is 22.8. The highest BCUT2D eigenvalue weighted by molar-refractivity contribution is 6.46. The number of hydrogen-bond donors (Lipinski definition) is 1. The number of anilines is 2. The van der Waals surface area contributed by atoms with E-state index >= 15 is 0 Å². The van der Waals surface area contributed by atoms with Crippen LogP contribution in [0.1, 0.15) is 30.5 Å². The summed E-state index contributed by atoms with van der Waals surface area (Å²) in [6.45, 7) is 7.91. The molecule has 0 radical (unpaired) electrons. The fraction of sp³-hybridized carbons (Fsp3) is 0.185. The summed E-state index contributed by atoms with van der Waals surface area (Å²) in [4.78, 5) is 28.2. The highest BCUT2D eigenvalue weighted by Crippen LogP contribution is 2.35. The van der Waals surface area contributed by atoms with Gasteiger partial charge in [-0.1, -0.05) is 36.4 Å². The van der Waals surface area contributed by atoms with Crippen LogP contribution in [0.25, 0.3) is 5.57 Å². The van der Waals surface area contributed by atoms with E-state index in [-0.39, 0.29) is 23.6 Å². The summed E-state index contributed by atoms with van der Waals surface area (Å²) < 4.78 is 5.69. The number of nitrogens with one attached hydrogen (secondary N) is 1. The molecule has 0 aromatic heterocycles. The van der Waals surface area contributed by atoms with Crippen molar-refractivity contribution < 1.29 is 14.3 Å². The van der Waals surface area contributed by atoms with E-state index in [9.17, 15) is 9.59 Å². The molecule has 5 heteroatoms. The number of carbonyl (C=O) groups is 2. The van der Waals surface area contributed by atoms with Gasteiger partial charge in [0, 0.05) is 5.69 Å². The molecule has 4 rings (SSSR count). The molecule has 32 heavy (non-hydrogen) atoms. The van der Waals surface area contributed by atoms with Gasteiger partial charge in [0.2, 0.25) is 0 Å². The Labute approximate surface area is 188 Å². The summed E-state index contributed by atoms with van der Waals surface area (Å²) in [5, 5.41) is 3.18. The molecule has 1 aliphatic heterocycles. The quantitative estimate of drug-likeness (QED) is 0.530. The molecule has 0 spiro atoms. The first-order valence-electron chi connectivity index (χ1n) is 10.6. The maximum atomic E-state index is 13.6. The summed E-state index contributed by atoms with van der Waals surface area (Å²) in [6.07, 6.45) is 0.0376. The number of ether oxygens (including phenoxy) is 1. The first-order valence-corrected chi connectivity index (χ1v) is 10.6. The lowest BCUT2D eigenvalue weighted by atomic mass is 9.99. The second-order valence-electron chi connectivity index (χ2n) is 8.15. The Kier molecular flexibility index (Phi) is 5.82. The van der Waals surface area contributed by atoms with E-state index in [2.05, 4.69) is 5.32 Å². The minimum atomic E-state index is -0.385. The van der Waals surface area contributed by atoms with Crippen molar-refractivity contribution in [3.63, 3.8) is 0 Å². The van der Waals surface area contributed by atoms with Gasteiger partial charge in [-0.3, -0.25) is 9.59 Å². The van der Waals surface area contributed by atoms with Crippen LogP contribution in [-0.2, 0) is 9.59 Å². The molecule has 3 aromatic carbocycles. The SMILES string of the molecule is Cc1ccc(C2=C(Nc3ccccc3)C(=O)N(c3ccc(OC(C)C)cc3)C2=O)cc1C. The van der Waals surface area contributed by atoms with Gasteiger partial charge in [0.25, 0.3) is 11.8 Å². The van der Waals surface area contributed by atoms with Crippen LogP contribution >= 0.6 is 0 Å². The lowest BCUT2D eigenvalue weighted by Gasteiger charge is -2.17. The molecule has 0 saturated heterocycles. The normalized spacial score (nSPS) is 13.8. The highest BCUT2D eigenvalue weighted by Gasteiger charge is 2.40. The number of aryl methyl sites for hydroxylation is 2. The summed E-state index contributed by atoms with van der Waals surface area (Å²) in [5.74, 6) is -0.0494. The zero-order valence-electron chi connectivity index (χ0n) is 18.7. The van der Waals surface area contributed by atoms with Gasteiger partial charge in [0.1, 0.15) is 11.4 Å². The molecule has 0 fully saturated rings. The molecule has 1 aliphatic rings. The maximum absolute atomic E-state index is 13.6. The Morgan fingerprint density at radius 2 is 1.50 bits per heavy atom. The van der Waals surface area contributed by atoms with Gasteiger partial charge in [-0.25, -0.2) is 4.90 Å². The molecular weight excluding hydrogens is 400 g/mol. The average molecular weight is 427 g/mol. The largest absolute Gasteiger partial charge is 0.491 e. The van der Waals surface area contributed by atoms with Crippen LogP contribution in [0.4, 0.5) is 11.4 Å². The molecule has 0 bridgehead atoms. The van der Waals surface area contributed by atoms with Gasteiger partial charge in [-0.05, 0) is 80.8 Å². The third-order valence-corrected chi connectivity index (χ3v) is 5.39. The van der Waals surface area contributed by atoms with Crippen LogP contribution < -0.4 is 15.0 Å². The van der Waals surface area contributed by atoms with Crippen LogP contribution in [0.5, 0.6) is 5.75 Å². The Morgan fingerprint density at radius 1 is 0.812 bits per heavy atom. The molecule has 0 saturated carbocycles. The highest BCUT2D eigenvalue weighted by atomic mass is 16.5.